The second kappa shape index (κ2) is 6.96. The van der Waals surface area contributed by atoms with Crippen molar-refractivity contribution in [2.45, 2.75) is 12.5 Å². The van der Waals surface area contributed by atoms with Crippen LogP contribution in [-0.2, 0) is 10.3 Å². The number of amides is 3. The number of hydrogen-bond acceptors (Lipinski definition) is 5. The van der Waals surface area contributed by atoms with Gasteiger partial charge in [0, 0.05) is 12.4 Å². The zero-order chi connectivity index (χ0) is 18.9. The maximum atomic E-state index is 13.0. The van der Waals surface area contributed by atoms with Crippen LogP contribution in [0.2, 0.25) is 0 Å². The van der Waals surface area contributed by atoms with E-state index in [-0.39, 0.29) is 11.9 Å². The average Bonchev–Trinajstić information content (AvgIpc) is 2.94. The molecule has 3 amide bonds. The number of carbonyl (C=O) groups is 2. The van der Waals surface area contributed by atoms with Crippen LogP contribution >= 0.6 is 0 Å². The lowest BCUT2D eigenvalue weighted by Gasteiger charge is -2.33. The molecular formula is C19H23N6O2+. The Labute approximate surface area is 157 Å². The molecule has 3 heterocycles. The Morgan fingerprint density at radius 1 is 1.07 bits per heavy atom. The summed E-state index contributed by atoms with van der Waals surface area (Å²) < 4.78 is 0. The molecule has 1 aromatic heterocycles. The summed E-state index contributed by atoms with van der Waals surface area (Å²) in [5.41, 5.74) is -0.204. The van der Waals surface area contributed by atoms with E-state index in [2.05, 4.69) is 20.2 Å². The Balaban J connectivity index is 1.40. The van der Waals surface area contributed by atoms with Crippen molar-refractivity contribution in [1.82, 2.24) is 20.2 Å². The average molecular weight is 367 g/mol. The molecule has 2 fully saturated rings. The highest BCUT2D eigenvalue weighted by Gasteiger charge is 2.50. The molecule has 1 aromatic carbocycles. The third kappa shape index (κ3) is 3.23. The number of benzene rings is 1. The molecule has 2 aliphatic heterocycles. The smallest absolute Gasteiger partial charge is 0.329 e. The zero-order valence-corrected chi connectivity index (χ0v) is 15.3. The molecule has 2 aromatic rings. The third-order valence-corrected chi connectivity index (χ3v) is 5.31. The summed E-state index contributed by atoms with van der Waals surface area (Å²) in [6.07, 6.45) is 3.47. The summed E-state index contributed by atoms with van der Waals surface area (Å²) in [5.74, 6) is 0.531. The van der Waals surface area contributed by atoms with E-state index in [9.17, 15) is 9.59 Å². The Kier molecular flexibility index (Phi) is 4.49. The fourth-order valence-corrected chi connectivity index (χ4v) is 3.67. The number of rotatable bonds is 4. The highest BCUT2D eigenvalue weighted by Crippen LogP contribution is 2.27. The largest absolute Gasteiger partial charge is 0.330 e. The van der Waals surface area contributed by atoms with E-state index in [4.69, 9.17) is 0 Å². The molecule has 1 atom stereocenters. The van der Waals surface area contributed by atoms with Gasteiger partial charge in [0.25, 0.3) is 5.91 Å². The van der Waals surface area contributed by atoms with Crippen molar-refractivity contribution in [2.24, 2.45) is 0 Å². The van der Waals surface area contributed by atoms with Crippen LogP contribution in [-0.4, -0.2) is 59.7 Å². The van der Waals surface area contributed by atoms with Crippen molar-refractivity contribution in [3.63, 3.8) is 0 Å². The van der Waals surface area contributed by atoms with Crippen molar-refractivity contribution in [2.75, 3.05) is 37.7 Å². The van der Waals surface area contributed by atoms with Gasteiger partial charge >= 0.3 is 6.03 Å². The van der Waals surface area contributed by atoms with Gasteiger partial charge < -0.3 is 15.1 Å². The first-order valence-corrected chi connectivity index (χ1v) is 9.13. The zero-order valence-electron chi connectivity index (χ0n) is 15.3. The van der Waals surface area contributed by atoms with Crippen LogP contribution < -0.4 is 15.1 Å². The number of nitrogens with zero attached hydrogens (tertiary/aromatic N) is 4. The number of quaternary nitrogens is 1. The van der Waals surface area contributed by atoms with E-state index in [1.807, 2.05) is 30.3 Å². The monoisotopic (exact) mass is 367 g/mol. The second-order valence-corrected chi connectivity index (χ2v) is 7.10. The SMILES string of the molecule is C[C@]1(c2ccccc2)NC(=O)N(C[NH+]2CCN(c3ncccn3)CC2)C1=O. The molecule has 2 aliphatic rings. The summed E-state index contributed by atoms with van der Waals surface area (Å²) in [5, 5.41) is 2.86. The lowest BCUT2D eigenvalue weighted by atomic mass is 9.92. The number of piperazine rings is 1. The summed E-state index contributed by atoms with van der Waals surface area (Å²) in [6, 6.07) is 10.9. The van der Waals surface area contributed by atoms with E-state index in [0.29, 0.717) is 6.67 Å². The Morgan fingerprint density at radius 2 is 1.74 bits per heavy atom. The molecule has 2 saturated heterocycles. The summed E-state index contributed by atoms with van der Waals surface area (Å²) in [7, 11) is 0. The number of hydrogen-bond donors (Lipinski definition) is 2. The predicted molar refractivity (Wildman–Crippen MR) is 99.0 cm³/mol. The summed E-state index contributed by atoms with van der Waals surface area (Å²) in [6.45, 7) is 5.35. The molecule has 8 heteroatoms. The fraction of sp³-hybridized carbons (Fsp3) is 0.368. The van der Waals surface area contributed by atoms with E-state index in [0.717, 1.165) is 37.7 Å². The van der Waals surface area contributed by atoms with Gasteiger partial charge in [-0.3, -0.25) is 4.79 Å². The first-order chi connectivity index (χ1) is 13.1. The quantitative estimate of drug-likeness (QED) is 0.719. The summed E-state index contributed by atoms with van der Waals surface area (Å²) in [4.78, 5) is 38.7. The van der Waals surface area contributed by atoms with Crippen LogP contribution in [0.1, 0.15) is 12.5 Å². The van der Waals surface area contributed by atoms with Crippen LogP contribution in [0.5, 0.6) is 0 Å². The van der Waals surface area contributed by atoms with Crippen LogP contribution in [0.25, 0.3) is 0 Å². The molecule has 140 valence electrons. The molecule has 2 N–H and O–H groups in total. The van der Waals surface area contributed by atoms with Gasteiger partial charge in [-0.05, 0) is 18.6 Å². The highest BCUT2D eigenvalue weighted by atomic mass is 16.2. The number of nitrogens with one attached hydrogen (secondary N) is 2. The minimum atomic E-state index is -1.00. The fourth-order valence-electron chi connectivity index (χ4n) is 3.67. The van der Waals surface area contributed by atoms with Gasteiger partial charge in [0.15, 0.2) is 6.67 Å². The van der Waals surface area contributed by atoms with E-state index in [1.165, 1.54) is 9.80 Å². The predicted octanol–water partition coefficient (Wildman–Crippen LogP) is -0.394. The van der Waals surface area contributed by atoms with Gasteiger partial charge in [-0.1, -0.05) is 30.3 Å². The van der Waals surface area contributed by atoms with Crippen LogP contribution in [0, 0.1) is 0 Å². The molecule has 0 saturated carbocycles. The van der Waals surface area contributed by atoms with Gasteiger partial charge in [0.05, 0.1) is 26.2 Å². The molecule has 0 unspecified atom stereocenters. The molecular weight excluding hydrogens is 344 g/mol. The molecule has 0 bridgehead atoms. The van der Waals surface area contributed by atoms with Crippen molar-refractivity contribution in [3.05, 3.63) is 54.4 Å². The van der Waals surface area contributed by atoms with Crippen molar-refractivity contribution in [1.29, 1.82) is 0 Å². The highest BCUT2D eigenvalue weighted by molar-refractivity contribution is 6.07. The van der Waals surface area contributed by atoms with Gasteiger partial charge in [-0.2, -0.15) is 0 Å². The minimum Gasteiger partial charge on any atom is -0.330 e. The molecule has 0 aliphatic carbocycles. The number of aromatic nitrogens is 2. The lowest BCUT2D eigenvalue weighted by Crippen LogP contribution is -3.16. The number of urea groups is 1. The normalized spacial score (nSPS) is 23.6. The van der Waals surface area contributed by atoms with Crippen LogP contribution in [0.4, 0.5) is 10.7 Å². The molecule has 8 nitrogen and oxygen atoms in total. The van der Waals surface area contributed by atoms with Gasteiger partial charge in [0.2, 0.25) is 5.95 Å². The van der Waals surface area contributed by atoms with E-state index >= 15 is 0 Å². The Hall–Kier alpha value is -3.00. The Morgan fingerprint density at radius 3 is 2.41 bits per heavy atom. The third-order valence-electron chi connectivity index (χ3n) is 5.31. The topological polar surface area (TPSA) is 82.9 Å². The van der Waals surface area contributed by atoms with Crippen molar-refractivity contribution < 1.29 is 14.5 Å². The summed E-state index contributed by atoms with van der Waals surface area (Å²) >= 11 is 0. The maximum Gasteiger partial charge on any atom is 0.329 e. The second-order valence-electron chi connectivity index (χ2n) is 7.10. The molecule has 0 radical (unpaired) electrons. The van der Waals surface area contributed by atoms with Crippen LogP contribution in [0.15, 0.2) is 48.8 Å². The number of carbonyl (C=O) groups excluding carboxylic acids is 2. The van der Waals surface area contributed by atoms with Gasteiger partial charge in [-0.15, -0.1) is 0 Å². The molecule has 27 heavy (non-hydrogen) atoms. The van der Waals surface area contributed by atoms with Crippen molar-refractivity contribution >= 4 is 17.9 Å². The Bertz CT molecular complexity index is 823. The first-order valence-electron chi connectivity index (χ1n) is 9.13. The van der Waals surface area contributed by atoms with Gasteiger partial charge in [0.1, 0.15) is 5.54 Å². The lowest BCUT2D eigenvalue weighted by molar-refractivity contribution is -0.907. The number of imide groups is 1. The van der Waals surface area contributed by atoms with E-state index in [1.54, 1.807) is 25.4 Å². The maximum absolute atomic E-state index is 13.0. The van der Waals surface area contributed by atoms with Crippen LogP contribution in [0.3, 0.4) is 0 Å². The van der Waals surface area contributed by atoms with Crippen molar-refractivity contribution in [3.8, 4) is 0 Å². The van der Waals surface area contributed by atoms with Gasteiger partial charge in [-0.25, -0.2) is 19.7 Å². The first kappa shape index (κ1) is 17.4. The minimum absolute atomic E-state index is 0.194. The number of anilines is 1. The van der Waals surface area contributed by atoms with E-state index < -0.39 is 5.54 Å². The molecule has 0 spiro atoms. The standard InChI is InChI=1S/C19H22N6O2/c1-19(15-6-3-2-4-7-15)16(26)25(18(27)22-19)14-23-10-12-24(13-11-23)17-20-8-5-9-21-17/h2-9H,10-14H2,1H3,(H,22,27)/p+1/t19-/m1/s1. The molecule has 4 rings (SSSR count).